The lowest BCUT2D eigenvalue weighted by Gasteiger charge is -2.39. The highest BCUT2D eigenvalue weighted by atomic mass is 35.5. The molecular formula is C24H33ClN2O3. The monoisotopic (exact) mass is 432 g/mol. The number of carbonyl (C=O) groups is 1. The highest BCUT2D eigenvalue weighted by Crippen LogP contribution is 2.33. The van der Waals surface area contributed by atoms with Crippen LogP contribution in [0, 0.1) is 0 Å². The number of methoxy groups -OCH3 is 2. The van der Waals surface area contributed by atoms with E-state index < -0.39 is 6.10 Å². The van der Waals surface area contributed by atoms with Gasteiger partial charge in [0.05, 0.1) is 12.8 Å². The highest BCUT2D eigenvalue weighted by molar-refractivity contribution is 5.98. The molecule has 2 aromatic carbocycles. The van der Waals surface area contributed by atoms with E-state index in [-0.39, 0.29) is 24.4 Å². The number of para-hydroxylation sites is 2. The van der Waals surface area contributed by atoms with Crippen molar-refractivity contribution in [3.63, 3.8) is 0 Å². The maximum Gasteiger partial charge on any atom is 0.256 e. The summed E-state index contributed by atoms with van der Waals surface area (Å²) in [7, 11) is 3.22. The fourth-order valence-electron chi connectivity index (χ4n) is 3.95. The summed E-state index contributed by atoms with van der Waals surface area (Å²) in [5.74, 6) is 0.704. The van der Waals surface area contributed by atoms with Crippen LogP contribution in [0.2, 0.25) is 0 Å². The fourth-order valence-corrected chi connectivity index (χ4v) is 3.95. The Kier molecular flexibility index (Phi) is 9.63. The van der Waals surface area contributed by atoms with Gasteiger partial charge in [-0.15, -0.1) is 12.4 Å². The number of rotatable bonds is 8. The zero-order valence-electron chi connectivity index (χ0n) is 18.1. The number of likely N-dealkylation sites (tertiary alicyclic amines) is 1. The molecule has 0 N–H and O–H groups in total. The topological polar surface area (TPSA) is 42.0 Å². The number of halogens is 1. The number of amides is 1. The van der Waals surface area contributed by atoms with Gasteiger partial charge in [0.15, 0.2) is 0 Å². The molecule has 3 rings (SSSR count). The van der Waals surface area contributed by atoms with E-state index in [4.69, 9.17) is 9.47 Å². The number of anilines is 1. The summed E-state index contributed by atoms with van der Waals surface area (Å²) in [5, 5.41) is 0. The SMILES string of the molecule is COc1ccccc1N(C(=O)C(C)OC)C1CCN(CCc2ccccc2)CC1.Cl. The quantitative estimate of drug-likeness (QED) is 0.627. The molecular weight excluding hydrogens is 400 g/mol. The minimum absolute atomic E-state index is 0. The summed E-state index contributed by atoms with van der Waals surface area (Å²) in [4.78, 5) is 17.6. The lowest BCUT2D eigenvalue weighted by molar-refractivity contribution is -0.128. The van der Waals surface area contributed by atoms with Gasteiger partial charge in [0, 0.05) is 32.8 Å². The van der Waals surface area contributed by atoms with Crippen molar-refractivity contribution in [3.05, 3.63) is 60.2 Å². The van der Waals surface area contributed by atoms with Crippen LogP contribution in [0.15, 0.2) is 54.6 Å². The van der Waals surface area contributed by atoms with E-state index >= 15 is 0 Å². The third-order valence-corrected chi connectivity index (χ3v) is 5.77. The van der Waals surface area contributed by atoms with Gasteiger partial charge in [-0.05, 0) is 43.9 Å². The number of piperidine rings is 1. The maximum atomic E-state index is 13.2. The Balaban J connectivity index is 0.00000320. The second kappa shape index (κ2) is 11.9. The molecule has 1 aliphatic heterocycles. The van der Waals surface area contributed by atoms with E-state index in [1.807, 2.05) is 29.2 Å². The van der Waals surface area contributed by atoms with Crippen molar-refractivity contribution >= 4 is 24.0 Å². The summed E-state index contributed by atoms with van der Waals surface area (Å²) in [6, 6.07) is 18.5. The Morgan fingerprint density at radius 1 is 1.07 bits per heavy atom. The largest absolute Gasteiger partial charge is 0.495 e. The third-order valence-electron chi connectivity index (χ3n) is 5.77. The van der Waals surface area contributed by atoms with E-state index in [9.17, 15) is 4.79 Å². The maximum absolute atomic E-state index is 13.2. The van der Waals surface area contributed by atoms with Crippen LogP contribution in [-0.4, -0.2) is 56.8 Å². The molecule has 1 unspecified atom stereocenters. The second-order valence-electron chi connectivity index (χ2n) is 7.57. The summed E-state index contributed by atoms with van der Waals surface area (Å²) in [5.41, 5.74) is 2.20. The molecule has 1 aliphatic rings. The summed E-state index contributed by atoms with van der Waals surface area (Å²) < 4.78 is 10.9. The van der Waals surface area contributed by atoms with Crippen molar-refractivity contribution in [2.75, 3.05) is 38.8 Å². The average Bonchev–Trinajstić information content (AvgIpc) is 2.79. The fraction of sp³-hybridized carbons (Fsp3) is 0.458. The van der Waals surface area contributed by atoms with Gasteiger partial charge in [-0.2, -0.15) is 0 Å². The second-order valence-corrected chi connectivity index (χ2v) is 7.57. The molecule has 1 amide bonds. The number of ether oxygens (including phenoxy) is 2. The van der Waals surface area contributed by atoms with Crippen LogP contribution in [0.5, 0.6) is 5.75 Å². The first kappa shape index (κ1) is 24.2. The minimum Gasteiger partial charge on any atom is -0.495 e. The number of benzene rings is 2. The molecule has 1 saturated heterocycles. The number of hydrogen-bond acceptors (Lipinski definition) is 4. The molecule has 1 fully saturated rings. The van der Waals surface area contributed by atoms with Crippen LogP contribution in [0.3, 0.4) is 0 Å². The molecule has 30 heavy (non-hydrogen) atoms. The molecule has 0 bridgehead atoms. The molecule has 0 aliphatic carbocycles. The van der Waals surface area contributed by atoms with Crippen LogP contribution in [0.1, 0.15) is 25.3 Å². The van der Waals surface area contributed by atoms with E-state index in [2.05, 4.69) is 35.2 Å². The standard InChI is InChI=1S/C24H32N2O3.ClH/c1-19(28-2)24(27)26(22-11-7-8-12-23(22)29-3)21-14-17-25(18-15-21)16-13-20-9-5-4-6-10-20;/h4-12,19,21H,13-18H2,1-3H3;1H. The zero-order chi connectivity index (χ0) is 20.6. The lowest BCUT2D eigenvalue weighted by atomic mass is 10.0. The number of carbonyl (C=O) groups excluding carboxylic acids is 1. The number of hydrogen-bond donors (Lipinski definition) is 0. The predicted molar refractivity (Wildman–Crippen MR) is 124 cm³/mol. The van der Waals surface area contributed by atoms with E-state index in [0.717, 1.165) is 50.3 Å². The Labute approximate surface area is 186 Å². The van der Waals surface area contributed by atoms with Crippen molar-refractivity contribution in [1.82, 2.24) is 4.90 Å². The van der Waals surface area contributed by atoms with Crippen molar-refractivity contribution in [1.29, 1.82) is 0 Å². The Hall–Kier alpha value is -2.08. The van der Waals surface area contributed by atoms with Crippen LogP contribution >= 0.6 is 12.4 Å². The van der Waals surface area contributed by atoms with Gasteiger partial charge in [-0.25, -0.2) is 0 Å². The van der Waals surface area contributed by atoms with E-state index in [0.29, 0.717) is 0 Å². The molecule has 164 valence electrons. The molecule has 6 heteroatoms. The van der Waals surface area contributed by atoms with E-state index in [1.165, 1.54) is 5.56 Å². The summed E-state index contributed by atoms with van der Waals surface area (Å²) in [6.45, 7) is 4.82. The van der Waals surface area contributed by atoms with Crippen molar-refractivity contribution < 1.29 is 14.3 Å². The predicted octanol–water partition coefficient (Wildman–Crippen LogP) is 4.19. The van der Waals surface area contributed by atoms with Crippen LogP contribution < -0.4 is 9.64 Å². The minimum atomic E-state index is -0.490. The van der Waals surface area contributed by atoms with Crippen molar-refractivity contribution in [2.24, 2.45) is 0 Å². The molecule has 0 spiro atoms. The molecule has 0 radical (unpaired) electrons. The average molecular weight is 433 g/mol. The molecule has 1 heterocycles. The van der Waals surface area contributed by atoms with E-state index in [1.54, 1.807) is 21.1 Å². The molecule has 0 aromatic heterocycles. The first-order valence-corrected chi connectivity index (χ1v) is 10.4. The first-order valence-electron chi connectivity index (χ1n) is 10.4. The Morgan fingerprint density at radius 2 is 1.70 bits per heavy atom. The Morgan fingerprint density at radius 3 is 2.33 bits per heavy atom. The molecule has 5 nitrogen and oxygen atoms in total. The summed E-state index contributed by atoms with van der Waals surface area (Å²) in [6.07, 6.45) is 2.45. The van der Waals surface area contributed by atoms with Crippen LogP contribution in [-0.2, 0) is 16.0 Å². The van der Waals surface area contributed by atoms with Crippen LogP contribution in [0.4, 0.5) is 5.69 Å². The highest BCUT2D eigenvalue weighted by Gasteiger charge is 2.33. The number of nitrogens with zero attached hydrogens (tertiary/aromatic N) is 2. The van der Waals surface area contributed by atoms with Gasteiger partial charge < -0.3 is 19.3 Å². The third kappa shape index (κ3) is 5.97. The molecule has 2 aromatic rings. The van der Waals surface area contributed by atoms with Gasteiger partial charge in [-0.1, -0.05) is 42.5 Å². The van der Waals surface area contributed by atoms with Crippen molar-refractivity contribution in [2.45, 2.75) is 38.3 Å². The normalized spacial score (nSPS) is 15.8. The van der Waals surface area contributed by atoms with Gasteiger partial charge in [-0.3, -0.25) is 4.79 Å². The summed E-state index contributed by atoms with van der Waals surface area (Å²) >= 11 is 0. The molecule has 1 atom stereocenters. The molecule has 0 saturated carbocycles. The first-order chi connectivity index (χ1) is 14.1. The van der Waals surface area contributed by atoms with Gasteiger partial charge >= 0.3 is 0 Å². The van der Waals surface area contributed by atoms with Gasteiger partial charge in [0.25, 0.3) is 5.91 Å². The van der Waals surface area contributed by atoms with Crippen molar-refractivity contribution in [3.8, 4) is 5.75 Å². The zero-order valence-corrected chi connectivity index (χ0v) is 18.9. The van der Waals surface area contributed by atoms with Gasteiger partial charge in [0.2, 0.25) is 0 Å². The lowest BCUT2D eigenvalue weighted by Crippen LogP contribution is -2.50. The van der Waals surface area contributed by atoms with Gasteiger partial charge in [0.1, 0.15) is 11.9 Å². The smallest absolute Gasteiger partial charge is 0.256 e. The Bertz CT molecular complexity index is 779. The van der Waals surface area contributed by atoms with Crippen LogP contribution in [0.25, 0.3) is 0 Å².